The average Bonchev–Trinajstić information content (AvgIpc) is 2.75. The summed E-state index contributed by atoms with van der Waals surface area (Å²) < 4.78 is 5.97. The van der Waals surface area contributed by atoms with E-state index in [1.165, 1.54) is 51.4 Å². The molecule has 0 aliphatic rings. The minimum Gasteiger partial charge on any atom is -0.507 e. The van der Waals surface area contributed by atoms with Gasteiger partial charge in [0.25, 0.3) is 0 Å². The van der Waals surface area contributed by atoms with Gasteiger partial charge in [0.05, 0.1) is 12.3 Å². The van der Waals surface area contributed by atoms with E-state index in [4.69, 9.17) is 4.74 Å². The monoisotopic (exact) mass is 419 g/mol. The molecule has 0 atom stereocenters. The van der Waals surface area contributed by atoms with Gasteiger partial charge in [0.1, 0.15) is 11.5 Å². The number of ether oxygens (including phenoxy) is 1. The number of oxime groups is 1. The Balaban J connectivity index is 2.78. The van der Waals surface area contributed by atoms with Gasteiger partial charge in [-0.1, -0.05) is 90.1 Å². The summed E-state index contributed by atoms with van der Waals surface area (Å²) in [6, 6.07) is 3.70. The Labute approximate surface area is 184 Å². The first-order chi connectivity index (χ1) is 14.7. The third kappa shape index (κ3) is 10.4. The Kier molecular flexibility index (Phi) is 14.9. The van der Waals surface area contributed by atoms with Gasteiger partial charge < -0.3 is 15.1 Å². The number of aryl methyl sites for hydroxylation is 1. The highest BCUT2D eigenvalue weighted by Gasteiger charge is 2.15. The zero-order valence-electron chi connectivity index (χ0n) is 19.7. The van der Waals surface area contributed by atoms with E-state index in [0.717, 1.165) is 49.8 Å². The van der Waals surface area contributed by atoms with Crippen molar-refractivity contribution in [3.05, 3.63) is 23.3 Å². The molecule has 0 saturated heterocycles. The summed E-state index contributed by atoms with van der Waals surface area (Å²) in [5, 5.41) is 23.8. The molecule has 0 radical (unpaired) electrons. The third-order valence-corrected chi connectivity index (χ3v) is 5.68. The largest absolute Gasteiger partial charge is 0.507 e. The molecule has 0 heterocycles. The second-order valence-corrected chi connectivity index (χ2v) is 8.41. The van der Waals surface area contributed by atoms with Crippen LogP contribution >= 0.6 is 0 Å². The van der Waals surface area contributed by atoms with Gasteiger partial charge in [0, 0.05) is 11.6 Å². The molecule has 0 saturated carbocycles. The molecule has 0 spiro atoms. The van der Waals surface area contributed by atoms with E-state index in [9.17, 15) is 10.3 Å². The fourth-order valence-corrected chi connectivity index (χ4v) is 3.73. The van der Waals surface area contributed by atoms with Crippen molar-refractivity contribution in [2.75, 3.05) is 6.61 Å². The fourth-order valence-electron chi connectivity index (χ4n) is 3.73. The van der Waals surface area contributed by atoms with E-state index < -0.39 is 0 Å². The topological polar surface area (TPSA) is 62.1 Å². The molecule has 1 aromatic carbocycles. The highest BCUT2D eigenvalue weighted by atomic mass is 16.5. The predicted molar refractivity (Wildman–Crippen MR) is 127 cm³/mol. The number of benzene rings is 1. The van der Waals surface area contributed by atoms with Crippen molar-refractivity contribution in [2.24, 2.45) is 5.16 Å². The van der Waals surface area contributed by atoms with Crippen LogP contribution in [0.5, 0.6) is 11.5 Å². The van der Waals surface area contributed by atoms with E-state index >= 15 is 0 Å². The van der Waals surface area contributed by atoms with Gasteiger partial charge in [-0.3, -0.25) is 0 Å². The first-order valence-electron chi connectivity index (χ1n) is 12.4. The van der Waals surface area contributed by atoms with Crippen molar-refractivity contribution in [1.82, 2.24) is 0 Å². The number of unbranched alkanes of at least 4 members (excludes halogenated alkanes) is 10. The van der Waals surface area contributed by atoms with Crippen LogP contribution in [0.1, 0.15) is 122 Å². The van der Waals surface area contributed by atoms with Gasteiger partial charge in [0.2, 0.25) is 0 Å². The molecule has 1 rings (SSSR count). The Morgan fingerprint density at radius 2 is 1.40 bits per heavy atom. The summed E-state index contributed by atoms with van der Waals surface area (Å²) in [7, 11) is 0. The van der Waals surface area contributed by atoms with Crippen LogP contribution in [0.15, 0.2) is 17.3 Å². The second-order valence-electron chi connectivity index (χ2n) is 8.41. The molecule has 0 bridgehead atoms. The quantitative estimate of drug-likeness (QED) is 0.110. The first kappa shape index (κ1) is 26.3. The summed E-state index contributed by atoms with van der Waals surface area (Å²) in [4.78, 5) is 0. The average molecular weight is 420 g/mol. The lowest BCUT2D eigenvalue weighted by Crippen LogP contribution is -2.06. The molecule has 0 fully saturated rings. The first-order valence-corrected chi connectivity index (χ1v) is 12.4. The maximum Gasteiger partial charge on any atom is 0.128 e. The zero-order chi connectivity index (χ0) is 22.0. The third-order valence-electron chi connectivity index (χ3n) is 5.68. The van der Waals surface area contributed by atoms with Crippen LogP contribution in [0.25, 0.3) is 0 Å². The van der Waals surface area contributed by atoms with Crippen LogP contribution in [-0.2, 0) is 6.42 Å². The number of hydrogen-bond donors (Lipinski definition) is 2. The Hall–Kier alpha value is -1.71. The molecular formula is C26H45NO3. The summed E-state index contributed by atoms with van der Waals surface area (Å²) in [6.45, 7) is 7.25. The lowest BCUT2D eigenvalue weighted by molar-refractivity contribution is 0.304. The van der Waals surface area contributed by atoms with Gasteiger partial charge in [-0.2, -0.15) is 0 Å². The van der Waals surface area contributed by atoms with Crippen LogP contribution in [-0.4, -0.2) is 22.6 Å². The molecule has 0 aliphatic heterocycles. The molecule has 1 aromatic rings. The van der Waals surface area contributed by atoms with Gasteiger partial charge in [-0.05, 0) is 43.7 Å². The molecule has 30 heavy (non-hydrogen) atoms. The zero-order valence-corrected chi connectivity index (χ0v) is 19.7. The molecule has 0 aliphatic carbocycles. The molecule has 0 unspecified atom stereocenters. The Morgan fingerprint density at radius 1 is 0.800 bits per heavy atom. The van der Waals surface area contributed by atoms with Crippen molar-refractivity contribution in [3.8, 4) is 11.5 Å². The molecule has 4 nitrogen and oxygen atoms in total. The Bertz CT molecular complexity index is 598. The number of phenolic OH excluding ortho intramolecular Hbond substituents is 1. The summed E-state index contributed by atoms with van der Waals surface area (Å²) in [5.74, 6) is 0.920. The minimum atomic E-state index is 0.148. The fraction of sp³-hybridized carbons (Fsp3) is 0.731. The Morgan fingerprint density at radius 3 is 2.03 bits per heavy atom. The lowest BCUT2D eigenvalue weighted by atomic mass is 9.97. The van der Waals surface area contributed by atoms with Gasteiger partial charge >= 0.3 is 0 Å². The van der Waals surface area contributed by atoms with Crippen molar-refractivity contribution in [1.29, 1.82) is 0 Å². The van der Waals surface area contributed by atoms with Crippen molar-refractivity contribution in [2.45, 2.75) is 117 Å². The SMILES string of the molecule is CCCCCCCCC/C(=N\O)c1cc(CCCCCC)c(OCCCC)cc1O. The van der Waals surface area contributed by atoms with Crippen molar-refractivity contribution >= 4 is 5.71 Å². The smallest absolute Gasteiger partial charge is 0.128 e. The molecule has 0 aromatic heterocycles. The van der Waals surface area contributed by atoms with Crippen LogP contribution in [0.3, 0.4) is 0 Å². The summed E-state index contributed by atoms with van der Waals surface area (Å²) >= 11 is 0. The summed E-state index contributed by atoms with van der Waals surface area (Å²) in [6.07, 6.45) is 16.9. The molecular weight excluding hydrogens is 374 g/mol. The maximum absolute atomic E-state index is 10.6. The van der Waals surface area contributed by atoms with Crippen LogP contribution in [0, 0.1) is 0 Å². The van der Waals surface area contributed by atoms with Gasteiger partial charge in [-0.15, -0.1) is 0 Å². The van der Waals surface area contributed by atoms with E-state index in [0.29, 0.717) is 24.3 Å². The van der Waals surface area contributed by atoms with Crippen LogP contribution in [0.4, 0.5) is 0 Å². The normalized spacial score (nSPS) is 11.8. The number of nitrogens with zero attached hydrogens (tertiary/aromatic N) is 1. The highest BCUT2D eigenvalue weighted by molar-refractivity contribution is 6.02. The molecule has 0 amide bonds. The van der Waals surface area contributed by atoms with Crippen LogP contribution < -0.4 is 4.74 Å². The van der Waals surface area contributed by atoms with Crippen molar-refractivity contribution in [3.63, 3.8) is 0 Å². The predicted octanol–water partition coefficient (Wildman–Crippen LogP) is 8.01. The highest BCUT2D eigenvalue weighted by Crippen LogP contribution is 2.31. The maximum atomic E-state index is 10.6. The number of phenols is 1. The number of aromatic hydroxyl groups is 1. The van der Waals surface area contributed by atoms with Crippen LogP contribution in [0.2, 0.25) is 0 Å². The van der Waals surface area contributed by atoms with E-state index in [-0.39, 0.29) is 5.75 Å². The van der Waals surface area contributed by atoms with Gasteiger partial charge in [-0.25, -0.2) is 0 Å². The van der Waals surface area contributed by atoms with E-state index in [2.05, 4.69) is 25.9 Å². The van der Waals surface area contributed by atoms with E-state index in [1.807, 2.05) is 6.07 Å². The second kappa shape index (κ2) is 17.0. The number of rotatable bonds is 18. The van der Waals surface area contributed by atoms with Gasteiger partial charge in [0.15, 0.2) is 0 Å². The number of hydrogen-bond acceptors (Lipinski definition) is 4. The standard InChI is InChI=1S/C26H45NO3/c1-4-7-10-12-13-14-16-18-24(27-29)23-20-22(17-15-11-8-5-2)26(21-25(23)28)30-19-9-6-3/h20-21,28-29H,4-19H2,1-3H3/b27-24+. The van der Waals surface area contributed by atoms with E-state index in [1.54, 1.807) is 6.07 Å². The lowest BCUT2D eigenvalue weighted by Gasteiger charge is -2.15. The summed E-state index contributed by atoms with van der Waals surface area (Å²) in [5.41, 5.74) is 2.34. The molecule has 4 heteroatoms. The van der Waals surface area contributed by atoms with Crippen molar-refractivity contribution < 1.29 is 15.1 Å². The molecule has 2 N–H and O–H groups in total. The minimum absolute atomic E-state index is 0.148. The molecule has 172 valence electrons.